The van der Waals surface area contributed by atoms with Crippen molar-refractivity contribution in [2.24, 2.45) is 0 Å². The van der Waals surface area contributed by atoms with Crippen molar-refractivity contribution in [1.82, 2.24) is 15.5 Å². The summed E-state index contributed by atoms with van der Waals surface area (Å²) in [7, 11) is 0. The second-order valence-corrected chi connectivity index (χ2v) is 5.24. The predicted octanol–water partition coefficient (Wildman–Crippen LogP) is 2.84. The molecule has 0 aliphatic heterocycles. The van der Waals surface area contributed by atoms with Gasteiger partial charge in [-0.1, -0.05) is 11.2 Å². The molecule has 2 aromatic rings. The third-order valence-electron chi connectivity index (χ3n) is 2.31. The van der Waals surface area contributed by atoms with Gasteiger partial charge in [0.15, 0.2) is 0 Å². The number of hydrogen-bond donors (Lipinski definition) is 2. The standard InChI is InChI=1S/C13H17FN4O/c1-13(2,3)15-8-11-17-18-12(19-11)16-10-6-4-5-9(14)7-10/h4-7,15H,8H2,1-3H3,(H,16,18). The highest BCUT2D eigenvalue weighted by atomic mass is 19.1. The first-order chi connectivity index (χ1) is 8.92. The minimum absolute atomic E-state index is 0.0232. The Hall–Kier alpha value is -1.95. The van der Waals surface area contributed by atoms with Crippen LogP contribution in [0.25, 0.3) is 0 Å². The zero-order valence-corrected chi connectivity index (χ0v) is 11.2. The smallest absolute Gasteiger partial charge is 0.320 e. The first-order valence-corrected chi connectivity index (χ1v) is 6.02. The normalized spacial score (nSPS) is 11.6. The van der Waals surface area contributed by atoms with Crippen LogP contribution < -0.4 is 10.6 Å². The van der Waals surface area contributed by atoms with Gasteiger partial charge in [0.05, 0.1) is 6.54 Å². The largest absolute Gasteiger partial charge is 0.406 e. The lowest BCUT2D eigenvalue weighted by Crippen LogP contribution is -2.35. The van der Waals surface area contributed by atoms with Gasteiger partial charge in [0.2, 0.25) is 5.89 Å². The number of nitrogens with zero attached hydrogens (tertiary/aromatic N) is 2. The molecule has 0 atom stereocenters. The second-order valence-electron chi connectivity index (χ2n) is 5.24. The maximum Gasteiger partial charge on any atom is 0.320 e. The summed E-state index contributed by atoms with van der Waals surface area (Å²) in [6.45, 7) is 6.64. The number of rotatable bonds is 4. The summed E-state index contributed by atoms with van der Waals surface area (Å²) in [5, 5.41) is 13.8. The molecule has 1 aromatic heterocycles. The summed E-state index contributed by atoms with van der Waals surface area (Å²) in [6, 6.07) is 6.31. The van der Waals surface area contributed by atoms with E-state index in [2.05, 4.69) is 41.6 Å². The molecule has 0 aliphatic carbocycles. The molecule has 0 fully saturated rings. The van der Waals surface area contributed by atoms with E-state index in [1.54, 1.807) is 12.1 Å². The van der Waals surface area contributed by atoms with Crippen LogP contribution in [0.4, 0.5) is 16.1 Å². The van der Waals surface area contributed by atoms with Gasteiger partial charge in [-0.3, -0.25) is 0 Å². The lowest BCUT2D eigenvalue weighted by Gasteiger charge is -2.18. The summed E-state index contributed by atoms with van der Waals surface area (Å²) in [5.74, 6) is 0.160. The van der Waals surface area contributed by atoms with E-state index in [1.165, 1.54) is 12.1 Å². The molecule has 0 unspecified atom stereocenters. The molecule has 0 saturated heterocycles. The Morgan fingerprint density at radius 1 is 1.26 bits per heavy atom. The molecule has 0 spiro atoms. The Bertz CT molecular complexity index is 548. The molecule has 2 N–H and O–H groups in total. The number of halogens is 1. The third-order valence-corrected chi connectivity index (χ3v) is 2.31. The van der Waals surface area contributed by atoms with Gasteiger partial charge < -0.3 is 15.1 Å². The van der Waals surface area contributed by atoms with Gasteiger partial charge in [-0.25, -0.2) is 4.39 Å². The Morgan fingerprint density at radius 3 is 2.74 bits per heavy atom. The summed E-state index contributed by atoms with van der Waals surface area (Å²) in [5.41, 5.74) is 0.545. The van der Waals surface area contributed by atoms with Crippen LogP contribution >= 0.6 is 0 Å². The molecule has 0 bridgehead atoms. The zero-order valence-electron chi connectivity index (χ0n) is 11.2. The van der Waals surface area contributed by atoms with Crippen LogP contribution in [0.15, 0.2) is 28.7 Å². The Morgan fingerprint density at radius 2 is 2.05 bits per heavy atom. The number of anilines is 2. The third kappa shape index (κ3) is 4.33. The van der Waals surface area contributed by atoms with Crippen molar-refractivity contribution < 1.29 is 8.81 Å². The number of hydrogen-bond acceptors (Lipinski definition) is 5. The van der Waals surface area contributed by atoms with E-state index in [9.17, 15) is 4.39 Å². The van der Waals surface area contributed by atoms with Crippen LogP contribution in [0.3, 0.4) is 0 Å². The van der Waals surface area contributed by atoms with Crippen LogP contribution in [0.1, 0.15) is 26.7 Å². The molecular weight excluding hydrogens is 247 g/mol. The average Bonchev–Trinajstić information content (AvgIpc) is 2.73. The van der Waals surface area contributed by atoms with E-state index in [0.29, 0.717) is 18.1 Å². The molecule has 6 heteroatoms. The van der Waals surface area contributed by atoms with E-state index >= 15 is 0 Å². The van der Waals surface area contributed by atoms with Crippen LogP contribution in [0, 0.1) is 5.82 Å². The maximum absolute atomic E-state index is 13.0. The van der Waals surface area contributed by atoms with Crippen molar-refractivity contribution in [2.45, 2.75) is 32.9 Å². The average molecular weight is 264 g/mol. The van der Waals surface area contributed by atoms with E-state index in [1.807, 2.05) is 0 Å². The SMILES string of the molecule is CC(C)(C)NCc1nnc(Nc2cccc(F)c2)o1. The Labute approximate surface area is 111 Å². The molecule has 102 valence electrons. The van der Waals surface area contributed by atoms with Gasteiger partial charge in [-0.15, -0.1) is 5.10 Å². The zero-order chi connectivity index (χ0) is 13.9. The summed E-state index contributed by atoms with van der Waals surface area (Å²) in [4.78, 5) is 0. The molecule has 0 saturated carbocycles. The first-order valence-electron chi connectivity index (χ1n) is 6.02. The van der Waals surface area contributed by atoms with E-state index in [0.717, 1.165) is 0 Å². The highest BCUT2D eigenvalue weighted by Gasteiger charge is 2.12. The van der Waals surface area contributed by atoms with Crippen molar-refractivity contribution in [2.75, 3.05) is 5.32 Å². The van der Waals surface area contributed by atoms with Crippen molar-refractivity contribution in [3.63, 3.8) is 0 Å². The fourth-order valence-corrected chi connectivity index (χ4v) is 1.41. The van der Waals surface area contributed by atoms with Gasteiger partial charge in [0, 0.05) is 11.2 Å². The molecular formula is C13H17FN4O. The van der Waals surface area contributed by atoms with Gasteiger partial charge in [0.1, 0.15) is 5.82 Å². The van der Waals surface area contributed by atoms with Crippen molar-refractivity contribution in [1.29, 1.82) is 0 Å². The van der Waals surface area contributed by atoms with Crippen molar-refractivity contribution >= 4 is 11.7 Å². The van der Waals surface area contributed by atoms with Gasteiger partial charge in [-0.2, -0.15) is 0 Å². The lowest BCUT2D eigenvalue weighted by atomic mass is 10.1. The highest BCUT2D eigenvalue weighted by Crippen LogP contribution is 2.16. The van der Waals surface area contributed by atoms with Crippen molar-refractivity contribution in [3.8, 4) is 0 Å². The number of aromatic nitrogens is 2. The molecule has 5 nitrogen and oxygen atoms in total. The maximum atomic E-state index is 13.0. The summed E-state index contributed by atoms with van der Waals surface area (Å²) >= 11 is 0. The molecule has 0 radical (unpaired) electrons. The quantitative estimate of drug-likeness (QED) is 0.889. The number of benzene rings is 1. The molecule has 0 amide bonds. The predicted molar refractivity (Wildman–Crippen MR) is 70.6 cm³/mol. The minimum atomic E-state index is -0.320. The van der Waals surface area contributed by atoms with Gasteiger partial charge >= 0.3 is 6.01 Å². The second kappa shape index (κ2) is 5.36. The fraction of sp³-hybridized carbons (Fsp3) is 0.385. The molecule has 2 rings (SSSR count). The number of nitrogens with one attached hydrogen (secondary N) is 2. The Balaban J connectivity index is 1.97. The molecule has 1 aromatic carbocycles. The molecule has 1 heterocycles. The lowest BCUT2D eigenvalue weighted by molar-refractivity contribution is 0.384. The molecule has 19 heavy (non-hydrogen) atoms. The fourth-order valence-electron chi connectivity index (χ4n) is 1.41. The van der Waals surface area contributed by atoms with Crippen LogP contribution in [0.2, 0.25) is 0 Å². The first kappa shape index (κ1) is 13.5. The summed E-state index contributed by atoms with van der Waals surface area (Å²) < 4.78 is 18.4. The summed E-state index contributed by atoms with van der Waals surface area (Å²) in [6.07, 6.45) is 0. The van der Waals surface area contributed by atoms with Gasteiger partial charge in [-0.05, 0) is 39.0 Å². The van der Waals surface area contributed by atoms with E-state index in [-0.39, 0.29) is 17.4 Å². The van der Waals surface area contributed by atoms with E-state index < -0.39 is 0 Å². The highest BCUT2D eigenvalue weighted by molar-refractivity contribution is 5.51. The minimum Gasteiger partial charge on any atom is -0.406 e. The topological polar surface area (TPSA) is 63.0 Å². The van der Waals surface area contributed by atoms with Crippen LogP contribution in [-0.2, 0) is 6.54 Å². The molecule has 0 aliphatic rings. The Kier molecular flexibility index (Phi) is 3.80. The van der Waals surface area contributed by atoms with Gasteiger partial charge in [0.25, 0.3) is 0 Å². The van der Waals surface area contributed by atoms with Crippen molar-refractivity contribution in [3.05, 3.63) is 36.0 Å². The monoisotopic (exact) mass is 264 g/mol. The van der Waals surface area contributed by atoms with Crippen LogP contribution in [0.5, 0.6) is 0 Å². The van der Waals surface area contributed by atoms with E-state index in [4.69, 9.17) is 4.42 Å². The van der Waals surface area contributed by atoms with Crippen LogP contribution in [-0.4, -0.2) is 15.7 Å².